The lowest BCUT2D eigenvalue weighted by Gasteiger charge is -2.35. The van der Waals surface area contributed by atoms with Gasteiger partial charge in [-0.1, -0.05) is 26.2 Å². The fourth-order valence-electron chi connectivity index (χ4n) is 2.70. The van der Waals surface area contributed by atoms with Crippen molar-refractivity contribution in [3.8, 4) is 0 Å². The van der Waals surface area contributed by atoms with E-state index in [-0.39, 0.29) is 5.60 Å². The first-order valence-corrected chi connectivity index (χ1v) is 5.34. The minimum Gasteiger partial charge on any atom is -0.390 e. The Morgan fingerprint density at radius 3 is 2.08 bits per heavy atom. The van der Waals surface area contributed by atoms with Crippen molar-refractivity contribution in [2.75, 3.05) is 0 Å². The predicted molar refractivity (Wildman–Crippen MR) is 50.0 cm³/mol. The van der Waals surface area contributed by atoms with E-state index in [1.54, 1.807) is 0 Å². The maximum atomic E-state index is 9.85. The number of aliphatic hydroxyl groups is 1. The van der Waals surface area contributed by atoms with Gasteiger partial charge in [0.2, 0.25) is 0 Å². The Labute approximate surface area is 75.2 Å². The van der Waals surface area contributed by atoms with E-state index in [9.17, 15) is 5.11 Å². The van der Waals surface area contributed by atoms with E-state index in [4.69, 9.17) is 0 Å². The topological polar surface area (TPSA) is 20.2 Å². The molecule has 0 aromatic rings. The molecule has 70 valence electrons. The molecule has 1 nitrogen and oxygen atoms in total. The summed E-state index contributed by atoms with van der Waals surface area (Å²) in [7, 11) is 0. The SMILES string of the molecule is CC1(CC2(O)CC2)CCCCC1. The first-order chi connectivity index (χ1) is 5.62. The van der Waals surface area contributed by atoms with Gasteiger partial charge in [-0.15, -0.1) is 0 Å². The zero-order chi connectivity index (χ0) is 8.66. The highest BCUT2D eigenvalue weighted by molar-refractivity contribution is 4.98. The molecule has 1 heteroatoms. The van der Waals surface area contributed by atoms with Gasteiger partial charge in [-0.05, 0) is 37.5 Å². The highest BCUT2D eigenvalue weighted by Gasteiger charge is 2.45. The first-order valence-electron chi connectivity index (χ1n) is 5.34. The summed E-state index contributed by atoms with van der Waals surface area (Å²) < 4.78 is 0. The van der Waals surface area contributed by atoms with Crippen LogP contribution in [-0.4, -0.2) is 10.7 Å². The maximum Gasteiger partial charge on any atom is 0.0655 e. The molecular weight excluding hydrogens is 148 g/mol. The van der Waals surface area contributed by atoms with Crippen molar-refractivity contribution in [2.24, 2.45) is 5.41 Å². The van der Waals surface area contributed by atoms with Crippen LogP contribution in [0.5, 0.6) is 0 Å². The molecule has 2 fully saturated rings. The molecule has 0 unspecified atom stereocenters. The Morgan fingerprint density at radius 2 is 1.58 bits per heavy atom. The summed E-state index contributed by atoms with van der Waals surface area (Å²) >= 11 is 0. The third-order valence-electron chi connectivity index (χ3n) is 3.64. The van der Waals surface area contributed by atoms with E-state index in [2.05, 4.69) is 6.92 Å². The Kier molecular flexibility index (Phi) is 1.95. The van der Waals surface area contributed by atoms with Gasteiger partial charge in [0.25, 0.3) is 0 Å². The molecule has 0 atom stereocenters. The van der Waals surface area contributed by atoms with E-state index in [1.807, 2.05) is 0 Å². The van der Waals surface area contributed by atoms with Crippen LogP contribution in [0.3, 0.4) is 0 Å². The molecule has 0 aromatic heterocycles. The minimum absolute atomic E-state index is 0.230. The summed E-state index contributed by atoms with van der Waals surface area (Å²) in [5, 5.41) is 9.85. The summed E-state index contributed by atoms with van der Waals surface area (Å²) in [6, 6.07) is 0. The molecule has 0 spiro atoms. The van der Waals surface area contributed by atoms with Crippen LogP contribution < -0.4 is 0 Å². The van der Waals surface area contributed by atoms with Crippen molar-refractivity contribution in [1.29, 1.82) is 0 Å². The van der Waals surface area contributed by atoms with Crippen LogP contribution in [0.1, 0.15) is 58.3 Å². The quantitative estimate of drug-likeness (QED) is 0.672. The molecule has 0 aromatic carbocycles. The third-order valence-corrected chi connectivity index (χ3v) is 3.64. The zero-order valence-electron chi connectivity index (χ0n) is 8.10. The second-order valence-corrected chi connectivity index (χ2v) is 5.27. The lowest BCUT2D eigenvalue weighted by molar-refractivity contribution is 0.0629. The van der Waals surface area contributed by atoms with Crippen LogP contribution in [0.4, 0.5) is 0 Å². The Bertz CT molecular complexity index is 164. The van der Waals surface area contributed by atoms with Crippen LogP contribution in [0.2, 0.25) is 0 Å². The monoisotopic (exact) mass is 168 g/mol. The number of rotatable bonds is 2. The summed E-state index contributed by atoms with van der Waals surface area (Å²) in [6.45, 7) is 2.36. The van der Waals surface area contributed by atoms with Crippen molar-refractivity contribution in [2.45, 2.75) is 63.9 Å². The van der Waals surface area contributed by atoms with Gasteiger partial charge < -0.3 is 5.11 Å². The summed E-state index contributed by atoms with van der Waals surface area (Å²) in [5.41, 5.74) is 0.246. The molecule has 0 amide bonds. The molecular formula is C11H20O. The Morgan fingerprint density at radius 1 is 1.00 bits per heavy atom. The van der Waals surface area contributed by atoms with Crippen LogP contribution in [0.25, 0.3) is 0 Å². The predicted octanol–water partition coefficient (Wildman–Crippen LogP) is 2.87. The zero-order valence-corrected chi connectivity index (χ0v) is 8.10. The summed E-state index contributed by atoms with van der Waals surface area (Å²) in [4.78, 5) is 0. The lowest BCUT2D eigenvalue weighted by Crippen LogP contribution is -2.26. The summed E-state index contributed by atoms with van der Waals surface area (Å²) in [6.07, 6.45) is 10.0. The van der Waals surface area contributed by atoms with Crippen molar-refractivity contribution >= 4 is 0 Å². The molecule has 2 aliphatic rings. The molecule has 2 saturated carbocycles. The average Bonchev–Trinajstić information content (AvgIpc) is 2.67. The molecule has 2 aliphatic carbocycles. The molecule has 12 heavy (non-hydrogen) atoms. The van der Waals surface area contributed by atoms with E-state index >= 15 is 0 Å². The maximum absolute atomic E-state index is 9.85. The molecule has 0 aliphatic heterocycles. The lowest BCUT2D eigenvalue weighted by atomic mass is 9.72. The Hall–Kier alpha value is -0.0400. The fraction of sp³-hybridized carbons (Fsp3) is 1.00. The van der Waals surface area contributed by atoms with Gasteiger partial charge in [0, 0.05) is 0 Å². The van der Waals surface area contributed by atoms with Crippen LogP contribution in [-0.2, 0) is 0 Å². The van der Waals surface area contributed by atoms with Crippen molar-refractivity contribution in [3.63, 3.8) is 0 Å². The van der Waals surface area contributed by atoms with E-state index in [0.29, 0.717) is 5.41 Å². The Balaban J connectivity index is 1.90. The molecule has 2 rings (SSSR count). The number of hydrogen-bond acceptors (Lipinski definition) is 1. The van der Waals surface area contributed by atoms with Gasteiger partial charge in [-0.3, -0.25) is 0 Å². The van der Waals surface area contributed by atoms with Crippen molar-refractivity contribution in [3.05, 3.63) is 0 Å². The van der Waals surface area contributed by atoms with E-state index < -0.39 is 0 Å². The smallest absolute Gasteiger partial charge is 0.0655 e. The van der Waals surface area contributed by atoms with Gasteiger partial charge in [-0.25, -0.2) is 0 Å². The summed E-state index contributed by atoms with van der Waals surface area (Å²) in [5.74, 6) is 0. The van der Waals surface area contributed by atoms with Gasteiger partial charge in [0.1, 0.15) is 0 Å². The molecule has 1 N–H and O–H groups in total. The van der Waals surface area contributed by atoms with Crippen LogP contribution in [0.15, 0.2) is 0 Å². The molecule has 0 heterocycles. The van der Waals surface area contributed by atoms with Gasteiger partial charge in [-0.2, -0.15) is 0 Å². The largest absolute Gasteiger partial charge is 0.390 e. The van der Waals surface area contributed by atoms with Crippen molar-refractivity contribution in [1.82, 2.24) is 0 Å². The van der Waals surface area contributed by atoms with Crippen molar-refractivity contribution < 1.29 is 5.11 Å². The van der Waals surface area contributed by atoms with Gasteiger partial charge in [0.05, 0.1) is 5.60 Å². The van der Waals surface area contributed by atoms with E-state index in [1.165, 1.54) is 32.1 Å². The minimum atomic E-state index is -0.230. The molecule has 0 radical (unpaired) electrons. The van der Waals surface area contributed by atoms with Crippen LogP contribution >= 0.6 is 0 Å². The van der Waals surface area contributed by atoms with Crippen LogP contribution in [0, 0.1) is 5.41 Å². The highest BCUT2D eigenvalue weighted by atomic mass is 16.3. The normalized spacial score (nSPS) is 31.5. The highest BCUT2D eigenvalue weighted by Crippen LogP contribution is 2.49. The third kappa shape index (κ3) is 1.82. The second-order valence-electron chi connectivity index (χ2n) is 5.27. The fourth-order valence-corrected chi connectivity index (χ4v) is 2.70. The molecule has 0 saturated heterocycles. The number of hydrogen-bond donors (Lipinski definition) is 1. The standard InChI is InChI=1S/C11H20O/c1-10(5-3-2-4-6-10)9-11(12)7-8-11/h12H,2-9H2,1H3. The first kappa shape index (κ1) is 8.55. The second kappa shape index (κ2) is 2.73. The molecule has 0 bridgehead atoms. The average molecular weight is 168 g/mol. The van der Waals surface area contributed by atoms with Gasteiger partial charge in [0.15, 0.2) is 0 Å². The van der Waals surface area contributed by atoms with E-state index in [0.717, 1.165) is 19.3 Å². The van der Waals surface area contributed by atoms with Gasteiger partial charge >= 0.3 is 0 Å².